The lowest BCUT2D eigenvalue weighted by molar-refractivity contribution is 0.223. The molecule has 1 heterocycles. The van der Waals surface area contributed by atoms with Crippen LogP contribution in [0.2, 0.25) is 0 Å². The first kappa shape index (κ1) is 21.3. The van der Waals surface area contributed by atoms with Gasteiger partial charge in [-0.1, -0.05) is 6.07 Å². The van der Waals surface area contributed by atoms with Crippen molar-refractivity contribution in [3.8, 4) is 0 Å². The summed E-state index contributed by atoms with van der Waals surface area (Å²) in [5.74, 6) is 0. The van der Waals surface area contributed by atoms with Crippen LogP contribution < -0.4 is 10.0 Å². The summed E-state index contributed by atoms with van der Waals surface area (Å²) in [4.78, 5) is 2.26. The molecule has 2 aliphatic rings. The Morgan fingerprint density at radius 3 is 2.33 bits per heavy atom. The van der Waals surface area contributed by atoms with Crippen molar-refractivity contribution in [1.29, 1.82) is 0 Å². The maximum Gasteiger partial charge on any atom is 0.245 e. The molecule has 0 saturated heterocycles. The first-order valence-corrected chi connectivity index (χ1v) is 12.3. The molecule has 1 aromatic heterocycles. The summed E-state index contributed by atoms with van der Waals surface area (Å²) < 4.78 is 30.1. The standard InChI is InChI=1S/C22H33N5O2S/c1-22(2,14-26(3)4)27-13-18(12-24-27)30(28,29)25-15-23-21-19-9-5-7-16(19)11-17-8-6-10-20(17)21/h11-13,23,25H,5-10,14-15H2,1-4H3. The van der Waals surface area contributed by atoms with E-state index in [1.807, 2.05) is 27.9 Å². The molecule has 164 valence electrons. The minimum absolute atomic E-state index is 0.178. The van der Waals surface area contributed by atoms with Gasteiger partial charge in [0, 0.05) is 18.4 Å². The van der Waals surface area contributed by atoms with Crippen molar-refractivity contribution in [2.24, 2.45) is 0 Å². The molecule has 0 aliphatic heterocycles. The van der Waals surface area contributed by atoms with E-state index in [-0.39, 0.29) is 17.1 Å². The Hall–Kier alpha value is -1.90. The van der Waals surface area contributed by atoms with E-state index in [1.165, 1.54) is 47.0 Å². The Kier molecular flexibility index (Phi) is 5.67. The molecule has 0 spiro atoms. The van der Waals surface area contributed by atoms with Gasteiger partial charge in [-0.05, 0) is 88.7 Å². The average Bonchev–Trinajstić information content (AvgIpc) is 3.39. The number of sulfonamides is 1. The zero-order valence-corrected chi connectivity index (χ0v) is 19.3. The zero-order chi connectivity index (χ0) is 21.5. The second kappa shape index (κ2) is 7.98. The van der Waals surface area contributed by atoms with Crippen LogP contribution in [0.5, 0.6) is 0 Å². The molecular formula is C22H33N5O2S. The van der Waals surface area contributed by atoms with E-state index in [0.717, 1.165) is 32.2 Å². The molecule has 0 atom stereocenters. The van der Waals surface area contributed by atoms with Gasteiger partial charge < -0.3 is 10.2 Å². The number of rotatable bonds is 8. The minimum atomic E-state index is -3.64. The number of aryl methyl sites for hydroxylation is 2. The number of hydrogen-bond donors (Lipinski definition) is 2. The molecule has 30 heavy (non-hydrogen) atoms. The quantitative estimate of drug-likeness (QED) is 0.628. The van der Waals surface area contributed by atoms with Gasteiger partial charge in [0.1, 0.15) is 4.90 Å². The molecule has 0 fully saturated rings. The van der Waals surface area contributed by atoms with Crippen molar-refractivity contribution in [3.63, 3.8) is 0 Å². The van der Waals surface area contributed by atoms with Gasteiger partial charge in [0.2, 0.25) is 10.0 Å². The third-order valence-corrected chi connectivity index (χ3v) is 7.55. The third kappa shape index (κ3) is 4.13. The SMILES string of the molecule is CN(C)CC(C)(C)n1cc(S(=O)(=O)NCNc2c3c(cc4c2CCC4)CCC3)cn1. The maximum absolute atomic E-state index is 12.8. The van der Waals surface area contributed by atoms with Gasteiger partial charge in [0.25, 0.3) is 0 Å². The summed E-state index contributed by atoms with van der Waals surface area (Å²) in [6, 6.07) is 2.38. The zero-order valence-electron chi connectivity index (χ0n) is 18.5. The molecule has 2 N–H and O–H groups in total. The highest BCUT2D eigenvalue weighted by atomic mass is 32.2. The van der Waals surface area contributed by atoms with Crippen molar-refractivity contribution in [2.75, 3.05) is 32.6 Å². The number of likely N-dealkylation sites (N-methyl/N-ethyl adjacent to an activating group) is 1. The molecule has 8 heteroatoms. The molecule has 2 aliphatic carbocycles. The second-order valence-electron chi connectivity index (χ2n) is 9.41. The van der Waals surface area contributed by atoms with Gasteiger partial charge in [-0.25, -0.2) is 8.42 Å². The second-order valence-corrected chi connectivity index (χ2v) is 11.2. The summed E-state index contributed by atoms with van der Waals surface area (Å²) in [7, 11) is 0.351. The monoisotopic (exact) mass is 431 g/mol. The molecule has 7 nitrogen and oxygen atoms in total. The summed E-state index contributed by atoms with van der Waals surface area (Å²) in [6.45, 7) is 5.02. The summed E-state index contributed by atoms with van der Waals surface area (Å²) >= 11 is 0. The fraction of sp³-hybridized carbons (Fsp3) is 0.591. The molecule has 0 unspecified atom stereocenters. The van der Waals surface area contributed by atoms with Crippen molar-refractivity contribution in [3.05, 3.63) is 40.7 Å². The van der Waals surface area contributed by atoms with Crippen LogP contribution in [0, 0.1) is 0 Å². The molecule has 0 amide bonds. The Labute approximate surface area is 179 Å². The topological polar surface area (TPSA) is 79.3 Å². The predicted molar refractivity (Wildman–Crippen MR) is 119 cm³/mol. The Balaban J connectivity index is 1.47. The maximum atomic E-state index is 12.8. The van der Waals surface area contributed by atoms with Crippen LogP contribution >= 0.6 is 0 Å². The van der Waals surface area contributed by atoms with Crippen molar-refractivity contribution in [1.82, 2.24) is 19.4 Å². The third-order valence-electron chi connectivity index (χ3n) is 6.19. The molecule has 1 aromatic carbocycles. The predicted octanol–water partition coefficient (Wildman–Crippen LogP) is 2.51. The molecular weight excluding hydrogens is 398 g/mol. The van der Waals surface area contributed by atoms with Gasteiger partial charge in [0.15, 0.2) is 0 Å². The van der Waals surface area contributed by atoms with E-state index in [4.69, 9.17) is 0 Å². The number of nitrogens with one attached hydrogen (secondary N) is 2. The van der Waals surface area contributed by atoms with Crippen molar-refractivity contribution >= 4 is 15.7 Å². The molecule has 2 aromatic rings. The summed E-state index contributed by atoms with van der Waals surface area (Å²) in [5.41, 5.74) is 6.50. The number of anilines is 1. The molecule has 0 radical (unpaired) electrons. The number of benzene rings is 1. The lowest BCUT2D eigenvalue weighted by atomic mass is 9.99. The highest BCUT2D eigenvalue weighted by molar-refractivity contribution is 7.89. The van der Waals surface area contributed by atoms with Gasteiger partial charge in [-0.3, -0.25) is 4.68 Å². The van der Waals surface area contributed by atoms with Crippen LogP contribution in [0.1, 0.15) is 48.9 Å². The summed E-state index contributed by atoms with van der Waals surface area (Å²) in [5, 5.41) is 7.73. The van der Waals surface area contributed by atoms with E-state index in [2.05, 4.69) is 26.1 Å². The van der Waals surface area contributed by atoms with E-state index in [9.17, 15) is 8.42 Å². The van der Waals surface area contributed by atoms with Crippen LogP contribution in [-0.2, 0) is 41.2 Å². The van der Waals surface area contributed by atoms with Crippen molar-refractivity contribution in [2.45, 2.75) is 62.8 Å². The van der Waals surface area contributed by atoms with Crippen LogP contribution in [0.15, 0.2) is 23.4 Å². The van der Waals surface area contributed by atoms with Gasteiger partial charge in [0.05, 0.1) is 18.4 Å². The highest BCUT2D eigenvalue weighted by Crippen LogP contribution is 2.38. The normalized spacial score (nSPS) is 16.2. The first-order valence-electron chi connectivity index (χ1n) is 10.8. The summed E-state index contributed by atoms with van der Waals surface area (Å²) in [6.07, 6.45) is 9.81. The fourth-order valence-corrected chi connectivity index (χ4v) is 5.81. The van der Waals surface area contributed by atoms with E-state index >= 15 is 0 Å². The van der Waals surface area contributed by atoms with Crippen LogP contribution in [0.4, 0.5) is 5.69 Å². The van der Waals surface area contributed by atoms with Crippen molar-refractivity contribution < 1.29 is 8.42 Å². The Morgan fingerprint density at radius 2 is 1.73 bits per heavy atom. The molecule has 0 saturated carbocycles. The van der Waals surface area contributed by atoms with Gasteiger partial charge >= 0.3 is 0 Å². The first-order chi connectivity index (χ1) is 14.2. The Bertz CT molecular complexity index is 1010. The van der Waals surface area contributed by atoms with Crippen LogP contribution in [0.25, 0.3) is 0 Å². The number of hydrogen-bond acceptors (Lipinski definition) is 5. The average molecular weight is 432 g/mol. The number of nitrogens with zero attached hydrogens (tertiary/aromatic N) is 3. The van der Waals surface area contributed by atoms with E-state index in [1.54, 1.807) is 10.9 Å². The van der Waals surface area contributed by atoms with Crippen LogP contribution in [0.3, 0.4) is 0 Å². The smallest absolute Gasteiger partial charge is 0.245 e. The van der Waals surface area contributed by atoms with Crippen LogP contribution in [-0.4, -0.2) is 50.4 Å². The molecule has 4 rings (SSSR count). The molecule has 0 bridgehead atoms. The van der Waals surface area contributed by atoms with Gasteiger partial charge in [-0.2, -0.15) is 9.82 Å². The van der Waals surface area contributed by atoms with E-state index in [0.29, 0.717) is 0 Å². The lowest BCUT2D eigenvalue weighted by Gasteiger charge is -2.28. The Morgan fingerprint density at radius 1 is 1.10 bits per heavy atom. The largest absolute Gasteiger partial charge is 0.371 e. The van der Waals surface area contributed by atoms with E-state index < -0.39 is 10.0 Å². The fourth-order valence-electron chi connectivity index (χ4n) is 4.95. The highest BCUT2D eigenvalue weighted by Gasteiger charge is 2.26. The number of aromatic nitrogens is 2. The minimum Gasteiger partial charge on any atom is -0.371 e. The number of fused-ring (bicyclic) bond motifs is 2. The van der Waals surface area contributed by atoms with Gasteiger partial charge in [-0.15, -0.1) is 0 Å². The lowest BCUT2D eigenvalue weighted by Crippen LogP contribution is -2.38.